The number of hydrogen-bond acceptors (Lipinski definition) is 3. The molecule has 3 aromatic carbocycles. The number of hydrogen-bond donors (Lipinski definition) is 0. The highest BCUT2D eigenvalue weighted by Gasteiger charge is 2.22. The average Bonchev–Trinajstić information content (AvgIpc) is 2.86. The Bertz CT molecular complexity index is 942. The molecule has 4 heteroatoms. The highest BCUT2D eigenvalue weighted by molar-refractivity contribution is 5.77. The van der Waals surface area contributed by atoms with Crippen molar-refractivity contribution >= 4 is 12.0 Å². The van der Waals surface area contributed by atoms with Gasteiger partial charge >= 0.3 is 0 Å². The summed E-state index contributed by atoms with van der Waals surface area (Å²) in [6.07, 6.45) is 4.10. The van der Waals surface area contributed by atoms with Crippen molar-refractivity contribution < 1.29 is 9.53 Å². The zero-order valence-electron chi connectivity index (χ0n) is 18.3. The Morgan fingerprint density at radius 1 is 0.781 bits per heavy atom. The van der Waals surface area contributed by atoms with Crippen molar-refractivity contribution in [1.29, 1.82) is 0 Å². The molecule has 0 saturated carbocycles. The van der Waals surface area contributed by atoms with Gasteiger partial charge in [0.15, 0.2) is 0 Å². The zero-order valence-corrected chi connectivity index (χ0v) is 18.3. The fourth-order valence-electron chi connectivity index (χ4n) is 3.97. The molecule has 1 saturated heterocycles. The van der Waals surface area contributed by atoms with Crippen molar-refractivity contribution in [1.82, 2.24) is 9.80 Å². The quantitative estimate of drug-likeness (QED) is 0.526. The summed E-state index contributed by atoms with van der Waals surface area (Å²) in [4.78, 5) is 17.1. The van der Waals surface area contributed by atoms with Crippen molar-refractivity contribution in [2.45, 2.75) is 6.10 Å². The molecular formula is C28H30N2O2. The first-order valence-corrected chi connectivity index (χ1v) is 11.2. The number of ether oxygens (including phenoxy) is 1. The molecule has 1 aliphatic heterocycles. The SMILES string of the molecule is O=C(COC(c1ccccc1)c1ccccc1)N1CCN(C/C=C/c2ccccc2)CC1. The summed E-state index contributed by atoms with van der Waals surface area (Å²) in [7, 11) is 0. The van der Waals surface area contributed by atoms with Crippen LogP contribution in [-0.2, 0) is 9.53 Å². The third-order valence-corrected chi connectivity index (χ3v) is 5.78. The fourth-order valence-corrected chi connectivity index (χ4v) is 3.97. The number of nitrogens with zero attached hydrogens (tertiary/aromatic N) is 2. The fraction of sp³-hybridized carbons (Fsp3) is 0.250. The molecule has 4 nitrogen and oxygen atoms in total. The lowest BCUT2D eigenvalue weighted by Gasteiger charge is -2.34. The van der Waals surface area contributed by atoms with Gasteiger partial charge in [-0.2, -0.15) is 0 Å². The average molecular weight is 427 g/mol. The summed E-state index contributed by atoms with van der Waals surface area (Å²) >= 11 is 0. The lowest BCUT2D eigenvalue weighted by atomic mass is 10.0. The van der Waals surface area contributed by atoms with Gasteiger partial charge < -0.3 is 9.64 Å². The Labute approximate surface area is 190 Å². The first-order valence-electron chi connectivity index (χ1n) is 11.2. The van der Waals surface area contributed by atoms with E-state index < -0.39 is 0 Å². The highest BCUT2D eigenvalue weighted by atomic mass is 16.5. The van der Waals surface area contributed by atoms with Crippen LogP contribution in [0.4, 0.5) is 0 Å². The molecule has 1 amide bonds. The second-order valence-electron chi connectivity index (χ2n) is 8.01. The molecule has 0 N–H and O–H groups in total. The molecule has 0 spiro atoms. The first-order chi connectivity index (χ1) is 15.8. The van der Waals surface area contributed by atoms with Crippen LogP contribution in [0.15, 0.2) is 97.1 Å². The predicted octanol–water partition coefficient (Wildman–Crippen LogP) is 4.65. The number of amides is 1. The van der Waals surface area contributed by atoms with Crippen LogP contribution in [0.1, 0.15) is 22.8 Å². The van der Waals surface area contributed by atoms with Gasteiger partial charge in [0.05, 0.1) is 0 Å². The number of carbonyl (C=O) groups excluding carboxylic acids is 1. The maximum absolute atomic E-state index is 12.8. The lowest BCUT2D eigenvalue weighted by molar-refractivity contribution is -0.139. The first kappa shape index (κ1) is 22.0. The van der Waals surface area contributed by atoms with Crippen molar-refractivity contribution in [2.75, 3.05) is 39.3 Å². The van der Waals surface area contributed by atoms with Crippen LogP contribution < -0.4 is 0 Å². The van der Waals surface area contributed by atoms with Crippen molar-refractivity contribution in [3.63, 3.8) is 0 Å². The second kappa shape index (κ2) is 11.4. The minimum absolute atomic E-state index is 0.0568. The summed E-state index contributed by atoms with van der Waals surface area (Å²) in [5, 5.41) is 0. The van der Waals surface area contributed by atoms with Gasteiger partial charge in [0.2, 0.25) is 5.91 Å². The molecule has 1 aliphatic rings. The van der Waals surface area contributed by atoms with E-state index >= 15 is 0 Å². The van der Waals surface area contributed by atoms with E-state index in [1.54, 1.807) is 0 Å². The van der Waals surface area contributed by atoms with Gasteiger partial charge in [-0.3, -0.25) is 9.69 Å². The van der Waals surface area contributed by atoms with Gasteiger partial charge in [0.25, 0.3) is 0 Å². The molecule has 0 radical (unpaired) electrons. The van der Waals surface area contributed by atoms with Gasteiger partial charge in [-0.05, 0) is 16.7 Å². The molecule has 0 aliphatic carbocycles. The molecular weight excluding hydrogens is 396 g/mol. The molecule has 0 atom stereocenters. The summed E-state index contributed by atoms with van der Waals surface area (Å²) in [6.45, 7) is 4.22. The zero-order chi connectivity index (χ0) is 22.0. The van der Waals surface area contributed by atoms with E-state index in [1.165, 1.54) is 5.56 Å². The third kappa shape index (κ3) is 6.16. The molecule has 1 heterocycles. The van der Waals surface area contributed by atoms with Crippen LogP contribution in [-0.4, -0.2) is 55.0 Å². The van der Waals surface area contributed by atoms with Gasteiger partial charge in [-0.15, -0.1) is 0 Å². The van der Waals surface area contributed by atoms with Gasteiger partial charge in [-0.1, -0.05) is 103 Å². The molecule has 0 bridgehead atoms. The largest absolute Gasteiger partial charge is 0.359 e. The number of carbonyl (C=O) groups is 1. The summed E-state index contributed by atoms with van der Waals surface area (Å²) in [5.74, 6) is 0.0568. The molecule has 4 rings (SSSR count). The lowest BCUT2D eigenvalue weighted by Crippen LogP contribution is -2.49. The monoisotopic (exact) mass is 426 g/mol. The van der Waals surface area contributed by atoms with Crippen LogP contribution >= 0.6 is 0 Å². The van der Waals surface area contributed by atoms with Gasteiger partial charge in [-0.25, -0.2) is 0 Å². The van der Waals surface area contributed by atoms with E-state index in [-0.39, 0.29) is 18.6 Å². The van der Waals surface area contributed by atoms with E-state index in [9.17, 15) is 4.79 Å². The predicted molar refractivity (Wildman–Crippen MR) is 129 cm³/mol. The Hall–Kier alpha value is -3.21. The van der Waals surface area contributed by atoms with Gasteiger partial charge in [0.1, 0.15) is 12.7 Å². The van der Waals surface area contributed by atoms with Crippen molar-refractivity contribution in [2.24, 2.45) is 0 Å². The second-order valence-corrected chi connectivity index (χ2v) is 8.01. The van der Waals surface area contributed by atoms with Crippen LogP contribution in [0.5, 0.6) is 0 Å². The van der Waals surface area contributed by atoms with E-state index in [4.69, 9.17) is 4.74 Å². The smallest absolute Gasteiger partial charge is 0.248 e. The minimum atomic E-state index is -0.245. The molecule has 3 aromatic rings. The van der Waals surface area contributed by atoms with E-state index in [2.05, 4.69) is 29.2 Å². The molecule has 164 valence electrons. The Balaban J connectivity index is 1.27. The summed E-state index contributed by atoms with van der Waals surface area (Å²) in [6, 6.07) is 30.5. The van der Waals surface area contributed by atoms with Crippen LogP contribution in [0.2, 0.25) is 0 Å². The highest BCUT2D eigenvalue weighted by Crippen LogP contribution is 2.25. The van der Waals surface area contributed by atoms with E-state index in [0.717, 1.165) is 43.9 Å². The third-order valence-electron chi connectivity index (χ3n) is 5.78. The minimum Gasteiger partial charge on any atom is -0.359 e. The normalized spacial score (nSPS) is 14.8. The number of rotatable bonds is 8. The molecule has 0 aromatic heterocycles. The van der Waals surface area contributed by atoms with Crippen LogP contribution in [0.25, 0.3) is 6.08 Å². The standard InChI is InChI=1S/C28H30N2O2/c31-27(23-32-28(25-14-6-2-7-15-25)26-16-8-3-9-17-26)30-21-19-29(20-22-30)18-10-13-24-11-4-1-5-12-24/h1-17,28H,18-23H2/b13-10+. The summed E-state index contributed by atoms with van der Waals surface area (Å²) < 4.78 is 6.15. The molecule has 32 heavy (non-hydrogen) atoms. The number of benzene rings is 3. The van der Waals surface area contributed by atoms with Crippen LogP contribution in [0, 0.1) is 0 Å². The maximum Gasteiger partial charge on any atom is 0.248 e. The Morgan fingerprint density at radius 3 is 1.88 bits per heavy atom. The molecule has 1 fully saturated rings. The number of piperazine rings is 1. The van der Waals surface area contributed by atoms with E-state index in [1.807, 2.05) is 83.8 Å². The topological polar surface area (TPSA) is 32.8 Å². The van der Waals surface area contributed by atoms with E-state index in [0.29, 0.717) is 0 Å². The summed E-state index contributed by atoms with van der Waals surface area (Å²) in [5.41, 5.74) is 3.33. The maximum atomic E-state index is 12.8. The van der Waals surface area contributed by atoms with Crippen molar-refractivity contribution in [3.05, 3.63) is 114 Å². The molecule has 0 unspecified atom stereocenters. The Kier molecular flexibility index (Phi) is 7.85. The van der Waals surface area contributed by atoms with Gasteiger partial charge in [0, 0.05) is 32.7 Å². The van der Waals surface area contributed by atoms with Crippen LogP contribution in [0.3, 0.4) is 0 Å². The Morgan fingerprint density at radius 2 is 1.31 bits per heavy atom. The van der Waals surface area contributed by atoms with Crippen molar-refractivity contribution in [3.8, 4) is 0 Å².